The van der Waals surface area contributed by atoms with Gasteiger partial charge in [0.1, 0.15) is 11.6 Å². The van der Waals surface area contributed by atoms with Gasteiger partial charge in [-0.25, -0.2) is 8.78 Å². The molecule has 2 saturated heterocycles. The SMILES string of the molecule is CC(C)N1CC2(CCN(C(=O)c3cc(F)cc(F)c3)CC2)C1c1ccc(Cl)cc1. The highest BCUT2D eigenvalue weighted by molar-refractivity contribution is 6.30. The van der Waals surface area contributed by atoms with E-state index >= 15 is 0 Å². The fourth-order valence-electron chi connectivity index (χ4n) is 4.90. The fourth-order valence-corrected chi connectivity index (χ4v) is 5.02. The Kier molecular flexibility index (Phi) is 5.38. The molecule has 2 aliphatic rings. The standard InChI is InChI=1S/C23H25ClF2N2O/c1-15(2)28-14-23(21(28)16-3-5-18(24)6-4-16)7-9-27(10-8-23)22(29)17-11-19(25)13-20(26)12-17/h3-6,11-13,15,21H,7-10,14H2,1-2H3. The smallest absolute Gasteiger partial charge is 0.254 e. The van der Waals surface area contributed by atoms with Gasteiger partial charge in [-0.3, -0.25) is 9.69 Å². The van der Waals surface area contributed by atoms with E-state index in [1.165, 1.54) is 5.56 Å². The average molecular weight is 419 g/mol. The van der Waals surface area contributed by atoms with Crippen molar-refractivity contribution in [1.82, 2.24) is 9.80 Å². The maximum atomic E-state index is 13.5. The zero-order valence-electron chi connectivity index (χ0n) is 16.7. The molecule has 2 aromatic carbocycles. The zero-order valence-corrected chi connectivity index (χ0v) is 17.4. The van der Waals surface area contributed by atoms with Crippen LogP contribution >= 0.6 is 11.6 Å². The molecule has 154 valence electrons. The first-order valence-corrected chi connectivity index (χ1v) is 10.4. The van der Waals surface area contributed by atoms with E-state index in [0.29, 0.717) is 25.2 Å². The van der Waals surface area contributed by atoms with Crippen LogP contribution in [-0.4, -0.2) is 41.4 Å². The van der Waals surface area contributed by atoms with E-state index in [4.69, 9.17) is 11.6 Å². The molecule has 0 aliphatic carbocycles. The number of rotatable bonds is 3. The third kappa shape index (κ3) is 3.78. The van der Waals surface area contributed by atoms with E-state index < -0.39 is 11.6 Å². The summed E-state index contributed by atoms with van der Waals surface area (Å²) in [5.74, 6) is -1.76. The molecule has 4 rings (SSSR count). The van der Waals surface area contributed by atoms with Gasteiger partial charge in [-0.05, 0) is 56.5 Å². The van der Waals surface area contributed by atoms with Crippen LogP contribution < -0.4 is 0 Å². The van der Waals surface area contributed by atoms with Crippen molar-refractivity contribution in [1.29, 1.82) is 0 Å². The van der Waals surface area contributed by atoms with Crippen molar-refractivity contribution in [3.63, 3.8) is 0 Å². The number of likely N-dealkylation sites (tertiary alicyclic amines) is 2. The van der Waals surface area contributed by atoms with Crippen molar-refractivity contribution < 1.29 is 13.6 Å². The topological polar surface area (TPSA) is 23.6 Å². The van der Waals surface area contributed by atoms with Crippen LogP contribution in [0.5, 0.6) is 0 Å². The summed E-state index contributed by atoms with van der Waals surface area (Å²) in [6.07, 6.45) is 1.74. The second-order valence-corrected chi connectivity index (χ2v) is 8.97. The Morgan fingerprint density at radius 3 is 2.21 bits per heavy atom. The molecular formula is C23H25ClF2N2O. The maximum Gasteiger partial charge on any atom is 0.254 e. The van der Waals surface area contributed by atoms with Gasteiger partial charge in [0.05, 0.1) is 0 Å². The molecule has 6 heteroatoms. The molecule has 2 heterocycles. The molecule has 1 atom stereocenters. The van der Waals surface area contributed by atoms with Crippen molar-refractivity contribution in [2.24, 2.45) is 5.41 Å². The second kappa shape index (κ2) is 7.69. The monoisotopic (exact) mass is 418 g/mol. The third-order valence-electron chi connectivity index (χ3n) is 6.41. The molecule has 0 aromatic heterocycles. The molecule has 29 heavy (non-hydrogen) atoms. The summed E-state index contributed by atoms with van der Waals surface area (Å²) in [5.41, 5.74) is 1.44. The highest BCUT2D eigenvalue weighted by Gasteiger charge is 2.54. The van der Waals surface area contributed by atoms with E-state index in [0.717, 1.165) is 42.6 Å². The summed E-state index contributed by atoms with van der Waals surface area (Å²) in [5, 5.41) is 0.723. The lowest BCUT2D eigenvalue weighted by Gasteiger charge is -2.62. The first-order chi connectivity index (χ1) is 13.8. The van der Waals surface area contributed by atoms with Gasteiger partial charge in [-0.15, -0.1) is 0 Å². The molecule has 1 unspecified atom stereocenters. The minimum atomic E-state index is -0.726. The molecule has 2 aliphatic heterocycles. The fraction of sp³-hybridized carbons (Fsp3) is 0.435. The van der Waals surface area contributed by atoms with Gasteiger partial charge in [-0.1, -0.05) is 23.7 Å². The van der Waals surface area contributed by atoms with E-state index in [1.807, 2.05) is 12.1 Å². The molecule has 3 nitrogen and oxygen atoms in total. The zero-order chi connectivity index (χ0) is 20.8. The number of hydrogen-bond acceptors (Lipinski definition) is 2. The van der Waals surface area contributed by atoms with Crippen LogP contribution in [0.3, 0.4) is 0 Å². The molecule has 0 N–H and O–H groups in total. The van der Waals surface area contributed by atoms with Crippen LogP contribution in [0.15, 0.2) is 42.5 Å². The predicted octanol–water partition coefficient (Wildman–Crippen LogP) is 5.31. The van der Waals surface area contributed by atoms with Crippen LogP contribution in [0.1, 0.15) is 48.7 Å². The summed E-state index contributed by atoms with van der Waals surface area (Å²) in [4.78, 5) is 17.0. The minimum absolute atomic E-state index is 0.0742. The second-order valence-electron chi connectivity index (χ2n) is 8.53. The molecule has 0 saturated carbocycles. The normalized spacial score (nSPS) is 21.4. The lowest BCUT2D eigenvalue weighted by Crippen LogP contribution is -2.64. The summed E-state index contributed by atoms with van der Waals surface area (Å²) >= 11 is 6.08. The Bertz CT molecular complexity index is 887. The molecule has 2 aromatic rings. The van der Waals surface area contributed by atoms with Crippen molar-refractivity contribution in [2.45, 2.75) is 38.8 Å². The Morgan fingerprint density at radius 2 is 1.66 bits per heavy atom. The van der Waals surface area contributed by atoms with E-state index in [1.54, 1.807) is 4.90 Å². The molecular weight excluding hydrogens is 394 g/mol. The number of carbonyl (C=O) groups excluding carboxylic acids is 1. The van der Waals surface area contributed by atoms with Crippen LogP contribution in [0.4, 0.5) is 8.78 Å². The summed E-state index contributed by atoms with van der Waals surface area (Å²) in [7, 11) is 0. The summed E-state index contributed by atoms with van der Waals surface area (Å²) in [6.45, 7) is 6.58. The minimum Gasteiger partial charge on any atom is -0.339 e. The maximum absolute atomic E-state index is 13.5. The lowest BCUT2D eigenvalue weighted by atomic mass is 9.62. The molecule has 1 amide bonds. The van der Waals surface area contributed by atoms with Crippen LogP contribution in [0.2, 0.25) is 5.02 Å². The van der Waals surface area contributed by atoms with Gasteiger partial charge >= 0.3 is 0 Å². The predicted molar refractivity (Wildman–Crippen MR) is 110 cm³/mol. The number of amides is 1. The number of halogens is 3. The molecule has 0 radical (unpaired) electrons. The quantitative estimate of drug-likeness (QED) is 0.674. The average Bonchev–Trinajstić information content (AvgIpc) is 2.67. The van der Waals surface area contributed by atoms with E-state index in [9.17, 15) is 13.6 Å². The first kappa shape index (κ1) is 20.3. The van der Waals surface area contributed by atoms with Gasteiger partial charge < -0.3 is 4.90 Å². The first-order valence-electron chi connectivity index (χ1n) is 10.1. The molecule has 0 bridgehead atoms. The van der Waals surface area contributed by atoms with Crippen molar-refractivity contribution >= 4 is 17.5 Å². The number of hydrogen-bond donors (Lipinski definition) is 0. The highest BCUT2D eigenvalue weighted by Crippen LogP contribution is 2.55. The van der Waals surface area contributed by atoms with Crippen molar-refractivity contribution in [3.05, 3.63) is 70.2 Å². The van der Waals surface area contributed by atoms with E-state index in [2.05, 4.69) is 30.9 Å². The van der Waals surface area contributed by atoms with Crippen LogP contribution in [0.25, 0.3) is 0 Å². The van der Waals surface area contributed by atoms with Gasteiger partial charge in [0.15, 0.2) is 0 Å². The highest BCUT2D eigenvalue weighted by atomic mass is 35.5. The number of piperidine rings is 1. The lowest BCUT2D eigenvalue weighted by molar-refractivity contribution is -0.124. The Hall–Kier alpha value is -1.98. The Labute approximate surface area is 175 Å². The van der Waals surface area contributed by atoms with Gasteiger partial charge in [0.2, 0.25) is 0 Å². The number of carbonyl (C=O) groups is 1. The summed E-state index contributed by atoms with van der Waals surface area (Å²) < 4.78 is 27.0. The summed E-state index contributed by atoms with van der Waals surface area (Å²) in [6, 6.07) is 11.8. The van der Waals surface area contributed by atoms with Gasteiger partial charge in [-0.2, -0.15) is 0 Å². The Morgan fingerprint density at radius 1 is 1.07 bits per heavy atom. The van der Waals surface area contributed by atoms with E-state index in [-0.39, 0.29) is 16.9 Å². The van der Waals surface area contributed by atoms with Gasteiger partial charge in [0.25, 0.3) is 5.91 Å². The van der Waals surface area contributed by atoms with Gasteiger partial charge in [0, 0.05) is 53.8 Å². The van der Waals surface area contributed by atoms with Crippen LogP contribution in [-0.2, 0) is 0 Å². The Balaban J connectivity index is 1.51. The number of nitrogens with zero attached hydrogens (tertiary/aromatic N) is 2. The molecule has 2 fully saturated rings. The third-order valence-corrected chi connectivity index (χ3v) is 6.67. The molecule has 1 spiro atoms. The van der Waals surface area contributed by atoms with Crippen molar-refractivity contribution in [3.8, 4) is 0 Å². The number of benzene rings is 2. The van der Waals surface area contributed by atoms with Crippen molar-refractivity contribution in [2.75, 3.05) is 19.6 Å². The van der Waals surface area contributed by atoms with Crippen LogP contribution in [0, 0.1) is 17.0 Å². The largest absolute Gasteiger partial charge is 0.339 e.